The topological polar surface area (TPSA) is 48.0 Å². The van der Waals surface area contributed by atoms with Gasteiger partial charge in [-0.15, -0.1) is 0 Å². The molecule has 54 valence electrons. The van der Waals surface area contributed by atoms with Crippen molar-refractivity contribution in [2.24, 2.45) is 0 Å². The monoisotopic (exact) mass is 138 g/mol. The van der Waals surface area contributed by atoms with Crippen LogP contribution in [0.2, 0.25) is 0 Å². The third kappa shape index (κ3) is 1.03. The van der Waals surface area contributed by atoms with Crippen LogP contribution >= 0.6 is 0 Å². The van der Waals surface area contributed by atoms with Crippen LogP contribution in [0.4, 0.5) is 0 Å². The second-order valence-electron chi connectivity index (χ2n) is 2.10. The van der Waals surface area contributed by atoms with Crippen LogP contribution in [0.3, 0.4) is 0 Å². The molecule has 0 aromatic carbocycles. The van der Waals surface area contributed by atoms with Crippen molar-refractivity contribution >= 4 is 0 Å². The number of aromatic nitrogens is 1. The Bertz CT molecular complexity index is 277. The first-order chi connectivity index (χ1) is 4.75. The van der Waals surface area contributed by atoms with Crippen LogP contribution in [0.25, 0.3) is 0 Å². The minimum Gasteiger partial charge on any atom is -0.336 e. The van der Waals surface area contributed by atoms with Gasteiger partial charge in [-0.3, -0.25) is 4.79 Å². The van der Waals surface area contributed by atoms with Gasteiger partial charge in [0, 0.05) is 11.8 Å². The largest absolute Gasteiger partial charge is 0.336 e. The van der Waals surface area contributed by atoms with E-state index in [9.17, 15) is 4.79 Å². The van der Waals surface area contributed by atoms with Crippen molar-refractivity contribution in [3.05, 3.63) is 34.2 Å². The normalized spacial score (nSPS) is 9.70. The van der Waals surface area contributed by atoms with E-state index in [-0.39, 0.29) is 5.56 Å². The number of rotatable bonds is 1. The lowest BCUT2D eigenvalue weighted by molar-refractivity contribution is 0.898. The number of aryl methyl sites for hydroxylation is 1. The molecule has 0 radical (unpaired) electrons. The van der Waals surface area contributed by atoms with E-state index in [1.807, 2.05) is 6.92 Å². The zero-order valence-corrected chi connectivity index (χ0v) is 5.87. The van der Waals surface area contributed by atoms with E-state index < -0.39 is 0 Å². The third-order valence-corrected chi connectivity index (χ3v) is 1.43. The summed E-state index contributed by atoms with van der Waals surface area (Å²) in [4.78, 5) is 11.0. The molecule has 0 aliphatic heterocycles. The Kier molecular flexibility index (Phi) is 1.76. The molecule has 0 unspecified atom stereocenters. The fourth-order valence-corrected chi connectivity index (χ4v) is 0.826. The van der Waals surface area contributed by atoms with Gasteiger partial charge in [-0.25, -0.2) is 4.68 Å². The predicted molar refractivity (Wildman–Crippen MR) is 40.2 cm³/mol. The lowest BCUT2D eigenvalue weighted by Gasteiger charge is -1.97. The summed E-state index contributed by atoms with van der Waals surface area (Å²) in [7, 11) is 0. The van der Waals surface area contributed by atoms with Crippen molar-refractivity contribution in [3.63, 3.8) is 0 Å². The minimum absolute atomic E-state index is 0.106. The second kappa shape index (κ2) is 2.56. The Morgan fingerprint density at radius 2 is 2.40 bits per heavy atom. The Hall–Kier alpha value is -1.25. The summed E-state index contributed by atoms with van der Waals surface area (Å²) < 4.78 is 1.10. The highest BCUT2D eigenvalue weighted by Crippen LogP contribution is 1.88. The first-order valence-electron chi connectivity index (χ1n) is 3.21. The van der Waals surface area contributed by atoms with Crippen LogP contribution in [-0.2, 0) is 6.42 Å². The third-order valence-electron chi connectivity index (χ3n) is 1.43. The molecule has 0 saturated carbocycles. The van der Waals surface area contributed by atoms with Crippen molar-refractivity contribution < 1.29 is 0 Å². The number of nitrogen functional groups attached to an aromatic ring is 1. The van der Waals surface area contributed by atoms with Gasteiger partial charge in [0.15, 0.2) is 0 Å². The highest BCUT2D eigenvalue weighted by Gasteiger charge is 1.95. The molecule has 0 amide bonds. The number of pyridine rings is 1. The van der Waals surface area contributed by atoms with Crippen molar-refractivity contribution in [1.82, 2.24) is 4.68 Å². The van der Waals surface area contributed by atoms with E-state index >= 15 is 0 Å². The number of hydrogen-bond donors (Lipinski definition) is 1. The number of hydrogen-bond acceptors (Lipinski definition) is 2. The van der Waals surface area contributed by atoms with Crippen molar-refractivity contribution in [1.29, 1.82) is 0 Å². The Morgan fingerprint density at radius 3 is 2.90 bits per heavy atom. The van der Waals surface area contributed by atoms with E-state index in [4.69, 9.17) is 5.84 Å². The van der Waals surface area contributed by atoms with Crippen molar-refractivity contribution in [2.45, 2.75) is 13.3 Å². The summed E-state index contributed by atoms with van der Waals surface area (Å²) >= 11 is 0. The highest BCUT2D eigenvalue weighted by atomic mass is 16.1. The van der Waals surface area contributed by atoms with Gasteiger partial charge in [-0.2, -0.15) is 0 Å². The maximum atomic E-state index is 11.0. The van der Waals surface area contributed by atoms with Gasteiger partial charge in [0.2, 0.25) is 0 Å². The first kappa shape index (κ1) is 6.86. The summed E-state index contributed by atoms with van der Waals surface area (Å²) in [5, 5.41) is 0. The fraction of sp³-hybridized carbons (Fsp3) is 0.286. The van der Waals surface area contributed by atoms with E-state index in [0.717, 1.165) is 16.7 Å². The van der Waals surface area contributed by atoms with Crippen LogP contribution in [0, 0.1) is 0 Å². The van der Waals surface area contributed by atoms with E-state index in [0.29, 0.717) is 0 Å². The van der Waals surface area contributed by atoms with Crippen LogP contribution in [0.15, 0.2) is 23.1 Å². The Balaban J connectivity index is 3.28. The molecule has 0 saturated heterocycles. The molecule has 1 aromatic heterocycles. The van der Waals surface area contributed by atoms with Gasteiger partial charge in [-0.1, -0.05) is 13.0 Å². The molecule has 0 bridgehead atoms. The van der Waals surface area contributed by atoms with Gasteiger partial charge in [0.1, 0.15) is 0 Å². The molecule has 1 heterocycles. The van der Waals surface area contributed by atoms with Crippen molar-refractivity contribution in [2.75, 3.05) is 5.84 Å². The quantitative estimate of drug-likeness (QED) is 0.560. The molecule has 3 nitrogen and oxygen atoms in total. The highest BCUT2D eigenvalue weighted by molar-refractivity contribution is 5.09. The fourth-order valence-electron chi connectivity index (χ4n) is 0.826. The van der Waals surface area contributed by atoms with Gasteiger partial charge < -0.3 is 5.84 Å². The molecule has 0 aliphatic carbocycles. The zero-order chi connectivity index (χ0) is 7.56. The van der Waals surface area contributed by atoms with Gasteiger partial charge in [-0.05, 0) is 12.5 Å². The standard InChI is InChI=1S/C7H10N2O/c1-2-6-4-3-5-9(8)7(6)10/h3-5H,2,8H2,1H3. The van der Waals surface area contributed by atoms with Crippen LogP contribution in [-0.4, -0.2) is 4.68 Å². The lowest BCUT2D eigenvalue weighted by Crippen LogP contribution is -2.28. The molecule has 0 atom stereocenters. The van der Waals surface area contributed by atoms with E-state index in [2.05, 4.69) is 0 Å². The zero-order valence-electron chi connectivity index (χ0n) is 5.87. The lowest BCUT2D eigenvalue weighted by atomic mass is 10.2. The molecule has 0 aliphatic rings. The Labute approximate surface area is 59.1 Å². The van der Waals surface area contributed by atoms with Gasteiger partial charge in [0.25, 0.3) is 5.56 Å². The predicted octanol–water partition coefficient (Wildman–Crippen LogP) is 0.125. The van der Waals surface area contributed by atoms with Crippen LogP contribution < -0.4 is 11.4 Å². The average Bonchev–Trinajstić information content (AvgIpc) is 1.95. The smallest absolute Gasteiger partial charge is 0.271 e. The molecule has 1 aromatic rings. The molecule has 3 heteroatoms. The molecular weight excluding hydrogens is 128 g/mol. The first-order valence-corrected chi connectivity index (χ1v) is 3.21. The summed E-state index contributed by atoms with van der Waals surface area (Å²) in [5.74, 6) is 5.30. The average molecular weight is 138 g/mol. The van der Waals surface area contributed by atoms with Gasteiger partial charge >= 0.3 is 0 Å². The summed E-state index contributed by atoms with van der Waals surface area (Å²) in [6.07, 6.45) is 2.28. The maximum absolute atomic E-state index is 11.0. The molecule has 0 fully saturated rings. The van der Waals surface area contributed by atoms with Crippen molar-refractivity contribution in [3.8, 4) is 0 Å². The maximum Gasteiger partial charge on any atom is 0.271 e. The minimum atomic E-state index is -0.106. The molecule has 0 spiro atoms. The number of nitrogens with two attached hydrogens (primary N) is 1. The molecular formula is C7H10N2O. The molecule has 1 rings (SSSR count). The van der Waals surface area contributed by atoms with E-state index in [1.165, 1.54) is 0 Å². The van der Waals surface area contributed by atoms with E-state index in [1.54, 1.807) is 18.3 Å². The number of nitrogens with zero attached hydrogens (tertiary/aromatic N) is 1. The molecule has 2 N–H and O–H groups in total. The summed E-state index contributed by atoms with van der Waals surface area (Å²) in [6, 6.07) is 3.55. The van der Waals surface area contributed by atoms with Crippen LogP contribution in [0.5, 0.6) is 0 Å². The summed E-state index contributed by atoms with van der Waals surface area (Å²) in [6.45, 7) is 1.93. The van der Waals surface area contributed by atoms with Crippen LogP contribution in [0.1, 0.15) is 12.5 Å². The van der Waals surface area contributed by atoms with Gasteiger partial charge in [0.05, 0.1) is 0 Å². The Morgan fingerprint density at radius 1 is 1.70 bits per heavy atom. The SMILES string of the molecule is CCc1cccn(N)c1=O. The summed E-state index contributed by atoms with van der Waals surface area (Å²) in [5.41, 5.74) is 0.648. The second-order valence-corrected chi connectivity index (χ2v) is 2.10. The molecule has 10 heavy (non-hydrogen) atoms.